The SMILES string of the molecule is COCCOC(=O)CNC(=O)c1ccc(N=C(N)N)cc1. The maximum atomic E-state index is 11.8. The summed E-state index contributed by atoms with van der Waals surface area (Å²) in [6, 6.07) is 6.28. The highest BCUT2D eigenvalue weighted by molar-refractivity contribution is 5.96. The van der Waals surface area contributed by atoms with Gasteiger partial charge in [0.15, 0.2) is 5.96 Å². The summed E-state index contributed by atoms with van der Waals surface area (Å²) in [7, 11) is 1.50. The van der Waals surface area contributed by atoms with E-state index in [1.807, 2.05) is 0 Å². The zero-order chi connectivity index (χ0) is 15.7. The Balaban J connectivity index is 2.45. The fourth-order valence-electron chi connectivity index (χ4n) is 1.38. The van der Waals surface area contributed by atoms with Crippen molar-refractivity contribution in [3.05, 3.63) is 29.8 Å². The van der Waals surface area contributed by atoms with E-state index in [0.29, 0.717) is 17.9 Å². The molecule has 1 aromatic carbocycles. The van der Waals surface area contributed by atoms with Gasteiger partial charge < -0.3 is 26.3 Å². The molecule has 0 saturated carbocycles. The molecule has 0 atom stereocenters. The number of rotatable bonds is 7. The number of methoxy groups -OCH3 is 1. The van der Waals surface area contributed by atoms with E-state index in [1.54, 1.807) is 24.3 Å². The molecule has 1 amide bonds. The van der Waals surface area contributed by atoms with Gasteiger partial charge in [0.2, 0.25) is 0 Å². The number of amides is 1. The minimum absolute atomic E-state index is 0.0639. The molecular weight excluding hydrogens is 276 g/mol. The molecule has 0 spiro atoms. The van der Waals surface area contributed by atoms with Crippen molar-refractivity contribution in [2.45, 2.75) is 0 Å². The first-order chi connectivity index (χ1) is 10.0. The maximum absolute atomic E-state index is 11.8. The van der Waals surface area contributed by atoms with Crippen LogP contribution in [0.5, 0.6) is 0 Å². The molecule has 8 heteroatoms. The Morgan fingerprint density at radius 2 is 1.86 bits per heavy atom. The molecule has 0 fully saturated rings. The standard InChI is InChI=1S/C13H18N4O4/c1-20-6-7-21-11(18)8-16-12(19)9-2-4-10(5-3-9)17-13(14)15/h2-5H,6-8H2,1H3,(H,16,19)(H4,14,15,17). The number of esters is 1. The van der Waals surface area contributed by atoms with Gasteiger partial charge in [-0.25, -0.2) is 4.99 Å². The molecule has 0 aliphatic heterocycles. The Kier molecular flexibility index (Phi) is 6.69. The van der Waals surface area contributed by atoms with Crippen LogP contribution >= 0.6 is 0 Å². The Bertz CT molecular complexity index is 509. The van der Waals surface area contributed by atoms with Crippen LogP contribution in [0, 0.1) is 0 Å². The van der Waals surface area contributed by atoms with E-state index in [-0.39, 0.29) is 19.1 Å². The highest BCUT2D eigenvalue weighted by atomic mass is 16.6. The van der Waals surface area contributed by atoms with Crippen LogP contribution in [0.25, 0.3) is 0 Å². The minimum atomic E-state index is -0.530. The average molecular weight is 294 g/mol. The van der Waals surface area contributed by atoms with Gasteiger partial charge in [-0.1, -0.05) is 0 Å². The highest BCUT2D eigenvalue weighted by Crippen LogP contribution is 2.12. The van der Waals surface area contributed by atoms with Crippen LogP contribution in [0.1, 0.15) is 10.4 Å². The molecule has 0 aliphatic carbocycles. The lowest BCUT2D eigenvalue weighted by atomic mass is 10.2. The topological polar surface area (TPSA) is 129 Å². The number of guanidine groups is 1. The van der Waals surface area contributed by atoms with E-state index < -0.39 is 11.9 Å². The van der Waals surface area contributed by atoms with Gasteiger partial charge in [-0.05, 0) is 24.3 Å². The van der Waals surface area contributed by atoms with Crippen molar-refractivity contribution < 1.29 is 19.1 Å². The predicted octanol–water partition coefficient (Wildman–Crippen LogP) is -0.489. The molecule has 0 aromatic heterocycles. The summed E-state index contributed by atoms with van der Waals surface area (Å²) in [6.45, 7) is 0.253. The lowest BCUT2D eigenvalue weighted by Crippen LogP contribution is -2.31. The fourth-order valence-corrected chi connectivity index (χ4v) is 1.38. The fraction of sp³-hybridized carbons (Fsp3) is 0.308. The number of hydrogen-bond donors (Lipinski definition) is 3. The summed E-state index contributed by atoms with van der Waals surface area (Å²) in [5.74, 6) is -0.988. The molecule has 5 N–H and O–H groups in total. The van der Waals surface area contributed by atoms with Gasteiger partial charge >= 0.3 is 5.97 Å². The second-order valence-corrected chi connectivity index (χ2v) is 3.98. The molecule has 8 nitrogen and oxygen atoms in total. The number of nitrogens with zero attached hydrogens (tertiary/aromatic N) is 1. The predicted molar refractivity (Wildman–Crippen MR) is 77.1 cm³/mol. The van der Waals surface area contributed by atoms with Crippen molar-refractivity contribution in [1.29, 1.82) is 0 Å². The number of hydrogen-bond acceptors (Lipinski definition) is 5. The summed E-state index contributed by atoms with van der Waals surface area (Å²) in [6.07, 6.45) is 0. The van der Waals surface area contributed by atoms with Gasteiger partial charge in [0.25, 0.3) is 5.91 Å². The first-order valence-corrected chi connectivity index (χ1v) is 6.15. The first-order valence-electron chi connectivity index (χ1n) is 6.15. The lowest BCUT2D eigenvalue weighted by Gasteiger charge is -2.06. The third kappa shape index (κ3) is 6.39. The molecular formula is C13H18N4O4. The smallest absolute Gasteiger partial charge is 0.325 e. The Morgan fingerprint density at radius 3 is 2.43 bits per heavy atom. The lowest BCUT2D eigenvalue weighted by molar-refractivity contribution is -0.143. The van der Waals surface area contributed by atoms with Crippen molar-refractivity contribution in [2.75, 3.05) is 26.9 Å². The monoisotopic (exact) mass is 294 g/mol. The van der Waals surface area contributed by atoms with Crippen LogP contribution in [0.15, 0.2) is 29.3 Å². The second kappa shape index (κ2) is 8.54. The van der Waals surface area contributed by atoms with E-state index in [4.69, 9.17) is 20.9 Å². The molecule has 0 saturated heterocycles. The normalized spacial score (nSPS) is 9.76. The quantitative estimate of drug-likeness (QED) is 0.269. The van der Waals surface area contributed by atoms with Crippen molar-refractivity contribution in [2.24, 2.45) is 16.5 Å². The van der Waals surface area contributed by atoms with E-state index >= 15 is 0 Å². The van der Waals surface area contributed by atoms with Gasteiger partial charge in [0, 0.05) is 12.7 Å². The van der Waals surface area contributed by atoms with Crippen molar-refractivity contribution in [3.8, 4) is 0 Å². The Morgan fingerprint density at radius 1 is 1.19 bits per heavy atom. The summed E-state index contributed by atoms with van der Waals surface area (Å²) < 4.78 is 9.54. The van der Waals surface area contributed by atoms with Gasteiger partial charge in [0.1, 0.15) is 13.2 Å². The number of carbonyl (C=O) groups is 2. The van der Waals surface area contributed by atoms with E-state index in [2.05, 4.69) is 10.3 Å². The average Bonchev–Trinajstić information content (AvgIpc) is 2.45. The Labute approximate surface area is 122 Å². The summed E-state index contributed by atoms with van der Waals surface area (Å²) >= 11 is 0. The van der Waals surface area contributed by atoms with Gasteiger partial charge in [-0.15, -0.1) is 0 Å². The third-order valence-electron chi connectivity index (χ3n) is 2.33. The number of benzene rings is 1. The molecule has 1 rings (SSSR count). The molecule has 21 heavy (non-hydrogen) atoms. The molecule has 0 unspecified atom stereocenters. The third-order valence-corrected chi connectivity index (χ3v) is 2.33. The van der Waals surface area contributed by atoms with Crippen LogP contribution in [0.3, 0.4) is 0 Å². The zero-order valence-corrected chi connectivity index (χ0v) is 11.7. The molecule has 114 valence electrons. The van der Waals surface area contributed by atoms with Crippen LogP contribution < -0.4 is 16.8 Å². The summed E-state index contributed by atoms with van der Waals surface area (Å²) in [5.41, 5.74) is 11.4. The number of nitrogens with one attached hydrogen (secondary N) is 1. The number of carbonyl (C=O) groups excluding carboxylic acids is 2. The maximum Gasteiger partial charge on any atom is 0.325 e. The number of nitrogens with two attached hydrogens (primary N) is 2. The van der Waals surface area contributed by atoms with Gasteiger partial charge in [0.05, 0.1) is 12.3 Å². The van der Waals surface area contributed by atoms with Crippen LogP contribution in [0.4, 0.5) is 5.69 Å². The minimum Gasteiger partial charge on any atom is -0.462 e. The van der Waals surface area contributed by atoms with Crippen LogP contribution in [-0.4, -0.2) is 44.7 Å². The molecule has 0 radical (unpaired) electrons. The van der Waals surface area contributed by atoms with Crippen molar-refractivity contribution in [1.82, 2.24) is 5.32 Å². The Hall–Kier alpha value is -2.61. The number of ether oxygens (including phenoxy) is 2. The van der Waals surface area contributed by atoms with E-state index in [9.17, 15) is 9.59 Å². The van der Waals surface area contributed by atoms with Crippen molar-refractivity contribution in [3.63, 3.8) is 0 Å². The first kappa shape index (κ1) is 16.4. The zero-order valence-electron chi connectivity index (χ0n) is 11.7. The molecule has 1 aromatic rings. The van der Waals surface area contributed by atoms with Crippen molar-refractivity contribution >= 4 is 23.5 Å². The molecule has 0 bridgehead atoms. The van der Waals surface area contributed by atoms with Crippen LogP contribution in [0.2, 0.25) is 0 Å². The largest absolute Gasteiger partial charge is 0.462 e. The molecule has 0 aliphatic rings. The molecule has 0 heterocycles. The van der Waals surface area contributed by atoms with Gasteiger partial charge in [-0.3, -0.25) is 9.59 Å². The van der Waals surface area contributed by atoms with Gasteiger partial charge in [-0.2, -0.15) is 0 Å². The van der Waals surface area contributed by atoms with E-state index in [1.165, 1.54) is 7.11 Å². The van der Waals surface area contributed by atoms with Crippen LogP contribution in [-0.2, 0) is 14.3 Å². The highest BCUT2D eigenvalue weighted by Gasteiger charge is 2.08. The number of aliphatic imine (C=N–C) groups is 1. The summed E-state index contributed by atoms with van der Waals surface area (Å²) in [4.78, 5) is 26.9. The second-order valence-electron chi connectivity index (χ2n) is 3.98. The summed E-state index contributed by atoms with van der Waals surface area (Å²) in [5, 5.41) is 2.45. The van der Waals surface area contributed by atoms with E-state index in [0.717, 1.165) is 0 Å².